The molecule has 0 aliphatic heterocycles. The molecule has 2 saturated carbocycles. The van der Waals surface area contributed by atoms with Crippen molar-refractivity contribution in [3.8, 4) is 0 Å². The minimum Gasteiger partial charge on any atom is -0.469 e. The second-order valence-corrected chi connectivity index (χ2v) is 6.60. The molecule has 19 heavy (non-hydrogen) atoms. The molecule has 0 spiro atoms. The van der Waals surface area contributed by atoms with Crippen LogP contribution in [-0.2, 0) is 14.3 Å². The zero-order valence-corrected chi connectivity index (χ0v) is 11.8. The summed E-state index contributed by atoms with van der Waals surface area (Å²) >= 11 is 0. The van der Waals surface area contributed by atoms with Gasteiger partial charge in [0, 0.05) is 11.0 Å². The molecule has 3 rings (SSSR count). The zero-order chi connectivity index (χ0) is 14.0. The molecule has 3 heteroatoms. The number of methoxy groups -OCH3 is 1. The monoisotopic (exact) mass is 260 g/mol. The lowest BCUT2D eigenvalue weighted by molar-refractivity contribution is -0.156. The summed E-state index contributed by atoms with van der Waals surface area (Å²) < 4.78 is 5.03. The van der Waals surface area contributed by atoms with Gasteiger partial charge in [0.15, 0.2) is 5.78 Å². The lowest BCUT2D eigenvalue weighted by atomic mass is 9.63. The fraction of sp³-hybridized carbons (Fsp3) is 0.625. The number of ketones is 1. The molecular formula is C16H20O3. The van der Waals surface area contributed by atoms with Gasteiger partial charge in [0.2, 0.25) is 0 Å². The van der Waals surface area contributed by atoms with Crippen LogP contribution < -0.4 is 0 Å². The SMILES string of the molecule is C=C1C(=O)C=C2C[C@H]3CC[C@](C)(C(=O)OC)[C@H]3[C@]12C. The third-order valence-electron chi connectivity index (χ3n) is 5.84. The van der Waals surface area contributed by atoms with Crippen molar-refractivity contribution in [1.82, 2.24) is 0 Å². The quantitative estimate of drug-likeness (QED) is 0.538. The van der Waals surface area contributed by atoms with Crippen LogP contribution in [0.1, 0.15) is 33.1 Å². The largest absolute Gasteiger partial charge is 0.469 e. The standard InChI is InChI=1S/C16H20O3/c1-9-12(17)8-11-7-10-5-6-15(2,14(18)19-4)13(10)16(9,11)3/h8,10,13H,1,5-7H2,2-4H3/t10-,13+,15+,16-/m1/s1. The summed E-state index contributed by atoms with van der Waals surface area (Å²) in [6, 6.07) is 0. The van der Waals surface area contributed by atoms with Gasteiger partial charge in [-0.3, -0.25) is 9.59 Å². The zero-order valence-electron chi connectivity index (χ0n) is 11.8. The minimum absolute atomic E-state index is 0.0371. The molecule has 102 valence electrons. The molecule has 0 bridgehead atoms. The Morgan fingerprint density at radius 2 is 2.16 bits per heavy atom. The second kappa shape index (κ2) is 3.59. The van der Waals surface area contributed by atoms with E-state index in [2.05, 4.69) is 13.5 Å². The second-order valence-electron chi connectivity index (χ2n) is 6.60. The van der Waals surface area contributed by atoms with Crippen LogP contribution in [0.3, 0.4) is 0 Å². The maximum Gasteiger partial charge on any atom is 0.311 e. The molecule has 0 saturated heterocycles. The number of ether oxygens (including phenoxy) is 1. The van der Waals surface area contributed by atoms with E-state index in [1.807, 2.05) is 6.92 Å². The number of allylic oxidation sites excluding steroid dienone is 3. The van der Waals surface area contributed by atoms with Crippen molar-refractivity contribution in [3.05, 3.63) is 23.8 Å². The first-order valence-corrected chi connectivity index (χ1v) is 6.89. The molecule has 4 atom stereocenters. The molecule has 0 unspecified atom stereocenters. The van der Waals surface area contributed by atoms with Gasteiger partial charge in [-0.05, 0) is 44.1 Å². The van der Waals surface area contributed by atoms with E-state index in [0.717, 1.165) is 19.3 Å². The van der Waals surface area contributed by atoms with Gasteiger partial charge >= 0.3 is 5.97 Å². The molecule has 0 aromatic heterocycles. The highest BCUT2D eigenvalue weighted by molar-refractivity contribution is 6.09. The number of fused-ring (bicyclic) bond motifs is 3. The maximum absolute atomic E-state index is 12.2. The van der Waals surface area contributed by atoms with E-state index >= 15 is 0 Å². The molecule has 2 fully saturated rings. The van der Waals surface area contributed by atoms with E-state index < -0.39 is 5.41 Å². The first-order chi connectivity index (χ1) is 8.85. The Labute approximate surface area is 113 Å². The molecule has 3 aliphatic carbocycles. The Morgan fingerprint density at radius 1 is 1.47 bits per heavy atom. The highest BCUT2D eigenvalue weighted by atomic mass is 16.5. The van der Waals surface area contributed by atoms with Gasteiger partial charge in [0.1, 0.15) is 0 Å². The van der Waals surface area contributed by atoms with Crippen molar-refractivity contribution >= 4 is 11.8 Å². The van der Waals surface area contributed by atoms with Crippen molar-refractivity contribution < 1.29 is 14.3 Å². The Morgan fingerprint density at radius 3 is 2.79 bits per heavy atom. The highest BCUT2D eigenvalue weighted by Crippen LogP contribution is 2.68. The van der Waals surface area contributed by atoms with Gasteiger partial charge in [-0.25, -0.2) is 0 Å². The lowest BCUT2D eigenvalue weighted by Crippen LogP contribution is -2.42. The van der Waals surface area contributed by atoms with Crippen LogP contribution in [0.25, 0.3) is 0 Å². The van der Waals surface area contributed by atoms with E-state index in [9.17, 15) is 9.59 Å². The predicted octanol–water partition coefficient (Wildman–Crippen LogP) is 2.67. The highest BCUT2D eigenvalue weighted by Gasteiger charge is 2.65. The summed E-state index contributed by atoms with van der Waals surface area (Å²) in [5.41, 5.74) is 1.01. The summed E-state index contributed by atoms with van der Waals surface area (Å²) in [5.74, 6) is 0.521. The van der Waals surface area contributed by atoms with Crippen LogP contribution in [0.4, 0.5) is 0 Å². The van der Waals surface area contributed by atoms with E-state index in [1.165, 1.54) is 12.7 Å². The molecular weight excluding hydrogens is 240 g/mol. The lowest BCUT2D eigenvalue weighted by Gasteiger charge is -2.39. The minimum atomic E-state index is -0.489. The van der Waals surface area contributed by atoms with Crippen LogP contribution >= 0.6 is 0 Å². The Hall–Kier alpha value is -1.38. The molecule has 0 N–H and O–H groups in total. The van der Waals surface area contributed by atoms with Crippen LogP contribution in [-0.4, -0.2) is 18.9 Å². The summed E-state index contributed by atoms with van der Waals surface area (Å²) in [6.07, 6.45) is 4.56. The Bertz CT molecular complexity index is 530. The number of carbonyl (C=O) groups excluding carboxylic acids is 2. The maximum atomic E-state index is 12.2. The Kier molecular flexibility index (Phi) is 2.39. The van der Waals surface area contributed by atoms with E-state index in [4.69, 9.17) is 4.74 Å². The molecule has 0 amide bonds. The molecule has 3 aliphatic rings. The third kappa shape index (κ3) is 1.28. The normalized spacial score (nSPS) is 44.1. The molecule has 0 radical (unpaired) electrons. The summed E-state index contributed by atoms with van der Waals surface area (Å²) in [4.78, 5) is 24.2. The van der Waals surface area contributed by atoms with Crippen LogP contribution in [0.15, 0.2) is 23.8 Å². The first kappa shape index (κ1) is 12.6. The summed E-state index contributed by atoms with van der Waals surface area (Å²) in [7, 11) is 1.45. The average molecular weight is 260 g/mol. The third-order valence-corrected chi connectivity index (χ3v) is 5.84. The van der Waals surface area contributed by atoms with Crippen molar-refractivity contribution in [2.45, 2.75) is 33.1 Å². The van der Waals surface area contributed by atoms with Crippen molar-refractivity contribution in [3.63, 3.8) is 0 Å². The molecule has 0 heterocycles. The molecule has 0 aromatic carbocycles. The van der Waals surface area contributed by atoms with Gasteiger partial charge in [-0.1, -0.05) is 19.1 Å². The number of hydrogen-bond acceptors (Lipinski definition) is 3. The average Bonchev–Trinajstić information content (AvgIpc) is 2.93. The van der Waals surface area contributed by atoms with Crippen molar-refractivity contribution in [1.29, 1.82) is 0 Å². The molecule has 3 nitrogen and oxygen atoms in total. The number of carbonyl (C=O) groups is 2. The van der Waals surface area contributed by atoms with Crippen LogP contribution in [0.2, 0.25) is 0 Å². The summed E-state index contributed by atoms with van der Waals surface area (Å²) in [5, 5.41) is 0. The Balaban J connectivity index is 2.10. The first-order valence-electron chi connectivity index (χ1n) is 6.89. The van der Waals surface area contributed by atoms with Gasteiger partial charge < -0.3 is 4.74 Å². The fourth-order valence-corrected chi connectivity index (χ4v) is 4.90. The van der Waals surface area contributed by atoms with Crippen LogP contribution in [0, 0.1) is 22.7 Å². The number of rotatable bonds is 1. The van der Waals surface area contributed by atoms with Crippen LogP contribution in [0.5, 0.6) is 0 Å². The van der Waals surface area contributed by atoms with E-state index in [0.29, 0.717) is 11.5 Å². The number of esters is 1. The van der Waals surface area contributed by atoms with Crippen molar-refractivity contribution in [2.75, 3.05) is 7.11 Å². The topological polar surface area (TPSA) is 43.4 Å². The van der Waals surface area contributed by atoms with Gasteiger partial charge in [0.25, 0.3) is 0 Å². The predicted molar refractivity (Wildman–Crippen MR) is 71.3 cm³/mol. The summed E-state index contributed by atoms with van der Waals surface area (Å²) in [6.45, 7) is 8.09. The fourth-order valence-electron chi connectivity index (χ4n) is 4.90. The number of hydrogen-bond donors (Lipinski definition) is 0. The van der Waals surface area contributed by atoms with E-state index in [-0.39, 0.29) is 23.1 Å². The van der Waals surface area contributed by atoms with Crippen molar-refractivity contribution in [2.24, 2.45) is 22.7 Å². The van der Waals surface area contributed by atoms with Gasteiger partial charge in [-0.2, -0.15) is 0 Å². The van der Waals surface area contributed by atoms with Gasteiger partial charge in [-0.15, -0.1) is 0 Å². The molecule has 0 aromatic rings. The van der Waals surface area contributed by atoms with Gasteiger partial charge in [0.05, 0.1) is 12.5 Å². The van der Waals surface area contributed by atoms with E-state index in [1.54, 1.807) is 6.08 Å². The smallest absolute Gasteiger partial charge is 0.311 e.